The second-order valence-corrected chi connectivity index (χ2v) is 7.15. The number of nitrogens with zero attached hydrogens (tertiary/aromatic N) is 2. The van der Waals surface area contributed by atoms with E-state index >= 15 is 0 Å². The summed E-state index contributed by atoms with van der Waals surface area (Å²) in [6.45, 7) is 6.11. The minimum Gasteiger partial charge on any atom is -0.331 e. The molecule has 0 aliphatic rings. The van der Waals surface area contributed by atoms with Crippen molar-refractivity contribution in [3.8, 4) is 0 Å². The van der Waals surface area contributed by atoms with Gasteiger partial charge < -0.3 is 9.38 Å². The first-order valence-electron chi connectivity index (χ1n) is 8.44. The van der Waals surface area contributed by atoms with Gasteiger partial charge in [0, 0.05) is 13.0 Å². The molecule has 0 rings (SSSR count). The third-order valence-corrected chi connectivity index (χ3v) is 3.76. The predicted octanol–water partition coefficient (Wildman–Crippen LogP) is 4.16. The zero-order valence-electron chi connectivity index (χ0n) is 14.4. The van der Waals surface area contributed by atoms with Crippen molar-refractivity contribution in [2.45, 2.75) is 64.7 Å². The van der Waals surface area contributed by atoms with Crippen molar-refractivity contribution in [1.82, 2.24) is 4.90 Å². The first-order valence-corrected chi connectivity index (χ1v) is 8.44. The highest BCUT2D eigenvalue weighted by atomic mass is 15.3. The van der Waals surface area contributed by atoms with Crippen LogP contribution in [0.3, 0.4) is 0 Å². The quantitative estimate of drug-likeness (QED) is 0.359. The average molecular weight is 272 g/mol. The van der Waals surface area contributed by atoms with Gasteiger partial charge >= 0.3 is 0 Å². The highest BCUT2D eigenvalue weighted by Gasteiger charge is 2.07. The lowest BCUT2D eigenvalue weighted by Gasteiger charge is -2.25. The fraction of sp³-hybridized carbons (Fsp3) is 1.00. The maximum Gasteiger partial charge on any atom is 0.0792 e. The van der Waals surface area contributed by atoms with E-state index < -0.39 is 0 Å². The summed E-state index contributed by atoms with van der Waals surface area (Å²) in [5.74, 6) is 0. The molecule has 0 amide bonds. The molecule has 0 fully saturated rings. The summed E-state index contributed by atoms with van der Waals surface area (Å²) in [5.41, 5.74) is 0. The zero-order valence-corrected chi connectivity index (χ0v) is 14.4. The lowest BCUT2D eigenvalue weighted by atomic mass is 10.1. The molecule has 0 unspecified atom stereocenters. The summed E-state index contributed by atoms with van der Waals surface area (Å²) in [4.78, 5) is 2.51. The molecule has 0 aromatic rings. The maximum atomic E-state index is 2.51. The third-order valence-electron chi connectivity index (χ3n) is 3.76. The molecule has 0 spiro atoms. The van der Waals surface area contributed by atoms with Gasteiger partial charge in [-0.2, -0.15) is 0 Å². The second-order valence-electron chi connectivity index (χ2n) is 7.15. The van der Waals surface area contributed by atoms with E-state index in [1.165, 1.54) is 77.4 Å². The molecule has 116 valence electrons. The van der Waals surface area contributed by atoms with Crippen LogP contribution in [-0.4, -0.2) is 57.2 Å². The van der Waals surface area contributed by atoms with Gasteiger partial charge in [0.05, 0.1) is 27.7 Å². The third kappa shape index (κ3) is 15.9. The monoisotopic (exact) mass is 271 g/mol. The van der Waals surface area contributed by atoms with Crippen molar-refractivity contribution >= 4 is 0 Å². The molecule has 0 radical (unpaired) electrons. The van der Waals surface area contributed by atoms with Crippen molar-refractivity contribution < 1.29 is 4.48 Å². The Hall–Kier alpha value is -0.0800. The number of hydrogen-bond acceptors (Lipinski definition) is 1. The van der Waals surface area contributed by atoms with Crippen LogP contribution in [0.15, 0.2) is 0 Å². The highest BCUT2D eigenvalue weighted by molar-refractivity contribution is 4.53. The van der Waals surface area contributed by atoms with Crippen LogP contribution in [0.1, 0.15) is 64.7 Å². The van der Waals surface area contributed by atoms with Gasteiger partial charge in [0.1, 0.15) is 0 Å². The molecule has 0 bridgehead atoms. The topological polar surface area (TPSA) is 3.24 Å². The number of rotatable bonds is 13. The first kappa shape index (κ1) is 18.9. The standard InChI is InChI=1S/C17H39N2/c1-6-7-8-9-10-11-12-13-15-18(2)16-14-17-19(3,4)5/h6-17H2,1-5H3/q+1. The molecule has 0 aromatic carbocycles. The van der Waals surface area contributed by atoms with Gasteiger partial charge in [-0.05, 0) is 20.0 Å². The fourth-order valence-corrected chi connectivity index (χ4v) is 2.44. The molecule has 0 aliphatic heterocycles. The smallest absolute Gasteiger partial charge is 0.0792 e. The van der Waals surface area contributed by atoms with E-state index in [4.69, 9.17) is 0 Å². The molecule has 2 heteroatoms. The Bertz CT molecular complexity index is 184. The molecule has 0 aliphatic carbocycles. The van der Waals surface area contributed by atoms with E-state index in [1.807, 2.05) is 0 Å². The minimum absolute atomic E-state index is 1.09. The summed E-state index contributed by atoms with van der Waals surface area (Å²) in [6, 6.07) is 0. The van der Waals surface area contributed by atoms with Crippen molar-refractivity contribution in [3.63, 3.8) is 0 Å². The van der Waals surface area contributed by atoms with Gasteiger partial charge in [-0.25, -0.2) is 0 Å². The van der Waals surface area contributed by atoms with Gasteiger partial charge in [-0.3, -0.25) is 0 Å². The largest absolute Gasteiger partial charge is 0.331 e. The molecule has 0 heterocycles. The average Bonchev–Trinajstić information content (AvgIpc) is 2.31. The van der Waals surface area contributed by atoms with Crippen molar-refractivity contribution in [2.24, 2.45) is 0 Å². The van der Waals surface area contributed by atoms with Crippen LogP contribution in [0.25, 0.3) is 0 Å². The van der Waals surface area contributed by atoms with Crippen LogP contribution >= 0.6 is 0 Å². The van der Waals surface area contributed by atoms with Crippen molar-refractivity contribution in [1.29, 1.82) is 0 Å². The van der Waals surface area contributed by atoms with E-state index in [-0.39, 0.29) is 0 Å². The van der Waals surface area contributed by atoms with Gasteiger partial charge in [-0.1, -0.05) is 51.9 Å². The first-order chi connectivity index (χ1) is 8.95. The molecular weight excluding hydrogens is 232 g/mol. The predicted molar refractivity (Wildman–Crippen MR) is 87.6 cm³/mol. The Balaban J connectivity index is 3.23. The molecule has 0 saturated heterocycles. The molecule has 0 saturated carbocycles. The number of unbranched alkanes of at least 4 members (excludes halogenated alkanes) is 7. The minimum atomic E-state index is 1.09. The van der Waals surface area contributed by atoms with E-state index in [1.54, 1.807) is 0 Å². The van der Waals surface area contributed by atoms with Crippen LogP contribution in [0, 0.1) is 0 Å². The van der Waals surface area contributed by atoms with Crippen LogP contribution < -0.4 is 0 Å². The lowest BCUT2D eigenvalue weighted by Crippen LogP contribution is -2.37. The van der Waals surface area contributed by atoms with Crippen LogP contribution in [0.5, 0.6) is 0 Å². The molecule has 19 heavy (non-hydrogen) atoms. The lowest BCUT2D eigenvalue weighted by molar-refractivity contribution is -0.870. The molecule has 0 aromatic heterocycles. The Labute approximate surface area is 122 Å². The Morgan fingerprint density at radius 3 is 1.68 bits per heavy atom. The normalized spacial score (nSPS) is 12.3. The second kappa shape index (κ2) is 11.7. The summed E-state index contributed by atoms with van der Waals surface area (Å²) in [5, 5.41) is 0. The van der Waals surface area contributed by atoms with E-state index in [9.17, 15) is 0 Å². The van der Waals surface area contributed by atoms with Gasteiger partial charge in [0.25, 0.3) is 0 Å². The van der Waals surface area contributed by atoms with E-state index in [2.05, 4.69) is 40.0 Å². The number of quaternary nitrogens is 1. The molecule has 2 nitrogen and oxygen atoms in total. The van der Waals surface area contributed by atoms with E-state index in [0.717, 1.165) is 4.48 Å². The summed E-state index contributed by atoms with van der Waals surface area (Å²) < 4.78 is 1.09. The highest BCUT2D eigenvalue weighted by Crippen LogP contribution is 2.08. The van der Waals surface area contributed by atoms with Crippen molar-refractivity contribution in [3.05, 3.63) is 0 Å². The Morgan fingerprint density at radius 2 is 1.16 bits per heavy atom. The summed E-state index contributed by atoms with van der Waals surface area (Å²) in [6.07, 6.45) is 12.7. The molecule has 0 N–H and O–H groups in total. The van der Waals surface area contributed by atoms with E-state index in [0.29, 0.717) is 0 Å². The summed E-state index contributed by atoms with van der Waals surface area (Å²) >= 11 is 0. The Morgan fingerprint density at radius 1 is 0.684 bits per heavy atom. The summed E-state index contributed by atoms with van der Waals surface area (Å²) in [7, 11) is 9.10. The van der Waals surface area contributed by atoms with Gasteiger partial charge in [0.2, 0.25) is 0 Å². The van der Waals surface area contributed by atoms with Gasteiger partial charge in [-0.15, -0.1) is 0 Å². The van der Waals surface area contributed by atoms with Crippen LogP contribution in [-0.2, 0) is 0 Å². The molecule has 0 atom stereocenters. The SMILES string of the molecule is CCCCCCCCCCN(C)CCC[N+](C)(C)C. The van der Waals surface area contributed by atoms with Crippen LogP contribution in [0.2, 0.25) is 0 Å². The Kier molecular flexibility index (Phi) is 11.7. The zero-order chi connectivity index (χ0) is 14.6. The van der Waals surface area contributed by atoms with Crippen molar-refractivity contribution in [2.75, 3.05) is 47.8 Å². The fourth-order valence-electron chi connectivity index (χ4n) is 2.44. The molecular formula is C17H39N2+. The maximum absolute atomic E-state index is 2.51. The number of hydrogen-bond donors (Lipinski definition) is 0. The van der Waals surface area contributed by atoms with Crippen LogP contribution in [0.4, 0.5) is 0 Å². The van der Waals surface area contributed by atoms with Gasteiger partial charge in [0.15, 0.2) is 0 Å².